The number of benzene rings is 1. The number of nitrogen functional groups attached to an aromatic ring is 1. The van der Waals surface area contributed by atoms with Gasteiger partial charge in [-0.1, -0.05) is 18.5 Å². The van der Waals surface area contributed by atoms with Gasteiger partial charge in [-0.3, -0.25) is 0 Å². The summed E-state index contributed by atoms with van der Waals surface area (Å²) in [5, 5.41) is 0.754. The number of nitrogens with two attached hydrogens (primary N) is 1. The first-order valence-corrected chi connectivity index (χ1v) is 6.45. The van der Waals surface area contributed by atoms with Gasteiger partial charge in [0.15, 0.2) is 0 Å². The minimum atomic E-state index is 0.407. The zero-order valence-electron chi connectivity index (χ0n) is 11.2. The minimum absolute atomic E-state index is 0.407. The molecule has 1 aromatic carbocycles. The smallest absolute Gasteiger partial charge is 0.224 e. The molecule has 2 N–H and O–H groups in total. The third-order valence-electron chi connectivity index (χ3n) is 2.72. The van der Waals surface area contributed by atoms with E-state index in [4.69, 9.17) is 22.1 Å². The van der Waals surface area contributed by atoms with Crippen LogP contribution < -0.4 is 10.5 Å². The average Bonchev–Trinajstić information content (AvgIpc) is 2.35. The van der Waals surface area contributed by atoms with Crippen molar-refractivity contribution in [1.82, 2.24) is 9.97 Å². The molecule has 100 valence electrons. The second kappa shape index (κ2) is 5.45. The molecule has 0 saturated heterocycles. The van der Waals surface area contributed by atoms with Crippen molar-refractivity contribution >= 4 is 17.4 Å². The molecular formula is C14H16ClN3O. The number of hydrogen-bond acceptors (Lipinski definition) is 4. The number of rotatable bonds is 3. The normalized spacial score (nSPS) is 10.5. The predicted octanol–water partition coefficient (Wildman–Crippen LogP) is 3.68. The van der Waals surface area contributed by atoms with Gasteiger partial charge in [0.05, 0.1) is 0 Å². The van der Waals surface area contributed by atoms with Gasteiger partial charge in [-0.25, -0.2) is 4.98 Å². The first kappa shape index (κ1) is 13.6. The molecule has 0 radical (unpaired) electrons. The molecule has 2 rings (SSSR count). The van der Waals surface area contributed by atoms with Crippen LogP contribution in [0.2, 0.25) is 5.02 Å². The van der Waals surface area contributed by atoms with Gasteiger partial charge in [0.25, 0.3) is 0 Å². The molecule has 19 heavy (non-hydrogen) atoms. The van der Waals surface area contributed by atoms with Crippen molar-refractivity contribution in [1.29, 1.82) is 0 Å². The van der Waals surface area contributed by atoms with E-state index in [0.29, 0.717) is 29.7 Å². The van der Waals surface area contributed by atoms with Gasteiger partial charge in [-0.15, -0.1) is 0 Å². The molecule has 0 aliphatic carbocycles. The Morgan fingerprint density at radius 3 is 2.37 bits per heavy atom. The van der Waals surface area contributed by atoms with Gasteiger partial charge in [0.2, 0.25) is 5.88 Å². The topological polar surface area (TPSA) is 61.0 Å². The van der Waals surface area contributed by atoms with Crippen LogP contribution in [-0.4, -0.2) is 9.97 Å². The van der Waals surface area contributed by atoms with Crippen molar-refractivity contribution in [3.05, 3.63) is 40.2 Å². The Morgan fingerprint density at radius 2 is 1.79 bits per heavy atom. The van der Waals surface area contributed by atoms with Crippen LogP contribution in [0.3, 0.4) is 0 Å². The molecular weight excluding hydrogens is 262 g/mol. The van der Waals surface area contributed by atoms with Gasteiger partial charge in [-0.05, 0) is 37.1 Å². The van der Waals surface area contributed by atoms with Crippen molar-refractivity contribution in [2.75, 3.05) is 5.73 Å². The second-order valence-electron chi connectivity index (χ2n) is 4.37. The zero-order valence-corrected chi connectivity index (χ0v) is 12.0. The van der Waals surface area contributed by atoms with Crippen molar-refractivity contribution < 1.29 is 4.74 Å². The Morgan fingerprint density at radius 1 is 1.16 bits per heavy atom. The highest BCUT2D eigenvalue weighted by atomic mass is 35.5. The zero-order chi connectivity index (χ0) is 14.0. The fourth-order valence-corrected chi connectivity index (χ4v) is 1.90. The Labute approximate surface area is 117 Å². The molecule has 1 aromatic heterocycles. The summed E-state index contributed by atoms with van der Waals surface area (Å²) in [6, 6.07) is 5.36. The minimum Gasteiger partial charge on any atom is -0.439 e. The van der Waals surface area contributed by atoms with E-state index in [0.717, 1.165) is 16.1 Å². The Bertz CT molecular complexity index is 591. The third-order valence-corrected chi connectivity index (χ3v) is 3.31. The van der Waals surface area contributed by atoms with Gasteiger partial charge < -0.3 is 10.5 Å². The lowest BCUT2D eigenvalue weighted by atomic mass is 10.1. The maximum Gasteiger partial charge on any atom is 0.224 e. The lowest BCUT2D eigenvalue weighted by Gasteiger charge is -2.10. The number of aryl methyl sites for hydroxylation is 3. The van der Waals surface area contributed by atoms with Crippen molar-refractivity contribution in [2.24, 2.45) is 0 Å². The molecule has 1 heterocycles. The number of halogens is 1. The molecule has 0 bridgehead atoms. The second-order valence-corrected chi connectivity index (χ2v) is 4.75. The highest BCUT2D eigenvalue weighted by Gasteiger charge is 2.07. The largest absolute Gasteiger partial charge is 0.439 e. The molecule has 5 heteroatoms. The molecule has 2 aromatic rings. The van der Waals surface area contributed by atoms with Crippen LogP contribution in [0.4, 0.5) is 5.82 Å². The van der Waals surface area contributed by atoms with Gasteiger partial charge in [0.1, 0.15) is 17.4 Å². The molecule has 0 atom stereocenters. The summed E-state index contributed by atoms with van der Waals surface area (Å²) in [6.45, 7) is 5.84. The van der Waals surface area contributed by atoms with Crippen molar-refractivity contribution in [3.8, 4) is 11.6 Å². The number of anilines is 1. The average molecular weight is 278 g/mol. The SMILES string of the molecule is CCc1nc(N)cc(Oc2cc(C)c(Cl)c(C)c2)n1. The maximum absolute atomic E-state index is 6.12. The standard InChI is InChI=1S/C14H16ClN3O/c1-4-12-17-11(16)7-13(18-12)19-10-5-8(2)14(15)9(3)6-10/h5-7H,4H2,1-3H3,(H2,16,17,18). The van der Waals surface area contributed by atoms with Crippen LogP contribution in [-0.2, 0) is 6.42 Å². The predicted molar refractivity (Wildman–Crippen MR) is 76.8 cm³/mol. The summed E-state index contributed by atoms with van der Waals surface area (Å²) < 4.78 is 5.73. The fraction of sp³-hybridized carbons (Fsp3) is 0.286. The Balaban J connectivity index is 2.33. The van der Waals surface area contributed by atoms with E-state index in [2.05, 4.69) is 9.97 Å². The highest BCUT2D eigenvalue weighted by molar-refractivity contribution is 6.32. The molecule has 0 fully saturated rings. The quantitative estimate of drug-likeness (QED) is 0.929. The summed E-state index contributed by atoms with van der Waals surface area (Å²) in [5.74, 6) is 2.21. The van der Waals surface area contributed by atoms with E-state index in [1.807, 2.05) is 32.9 Å². The monoisotopic (exact) mass is 277 g/mol. The number of hydrogen-bond donors (Lipinski definition) is 1. The molecule has 0 spiro atoms. The van der Waals surface area contributed by atoms with Gasteiger partial charge in [0, 0.05) is 17.5 Å². The van der Waals surface area contributed by atoms with E-state index in [9.17, 15) is 0 Å². The summed E-state index contributed by atoms with van der Waals surface area (Å²) in [4.78, 5) is 8.39. The van der Waals surface area contributed by atoms with Crippen molar-refractivity contribution in [3.63, 3.8) is 0 Å². The number of aromatic nitrogens is 2. The fourth-order valence-electron chi connectivity index (χ4n) is 1.79. The van der Waals surface area contributed by atoms with E-state index >= 15 is 0 Å². The van der Waals surface area contributed by atoms with Crippen LogP contribution in [0.15, 0.2) is 18.2 Å². The van der Waals surface area contributed by atoms with Gasteiger partial charge >= 0.3 is 0 Å². The van der Waals surface area contributed by atoms with E-state index < -0.39 is 0 Å². The summed E-state index contributed by atoms with van der Waals surface area (Å²) in [5.41, 5.74) is 7.65. The van der Waals surface area contributed by atoms with Crippen LogP contribution in [0.1, 0.15) is 23.9 Å². The van der Waals surface area contributed by atoms with E-state index in [1.165, 1.54) is 0 Å². The molecule has 0 aliphatic heterocycles. The van der Waals surface area contributed by atoms with Gasteiger partial charge in [-0.2, -0.15) is 4.98 Å². The molecule has 0 amide bonds. The molecule has 0 unspecified atom stereocenters. The van der Waals surface area contributed by atoms with E-state index in [1.54, 1.807) is 6.07 Å². The third kappa shape index (κ3) is 3.15. The highest BCUT2D eigenvalue weighted by Crippen LogP contribution is 2.28. The Kier molecular flexibility index (Phi) is 3.90. The van der Waals surface area contributed by atoms with Crippen LogP contribution >= 0.6 is 11.6 Å². The first-order chi connectivity index (χ1) is 8.99. The summed E-state index contributed by atoms with van der Waals surface area (Å²) in [7, 11) is 0. The maximum atomic E-state index is 6.12. The first-order valence-electron chi connectivity index (χ1n) is 6.07. The van der Waals surface area contributed by atoms with E-state index in [-0.39, 0.29) is 0 Å². The lowest BCUT2D eigenvalue weighted by Crippen LogP contribution is -2.00. The number of ether oxygens (including phenoxy) is 1. The van der Waals surface area contributed by atoms with Crippen LogP contribution in [0, 0.1) is 13.8 Å². The lowest BCUT2D eigenvalue weighted by molar-refractivity contribution is 0.458. The molecule has 0 aliphatic rings. The number of nitrogens with zero attached hydrogens (tertiary/aromatic N) is 2. The van der Waals surface area contributed by atoms with Crippen LogP contribution in [0.25, 0.3) is 0 Å². The summed E-state index contributed by atoms with van der Waals surface area (Å²) >= 11 is 6.12. The van der Waals surface area contributed by atoms with Crippen LogP contribution in [0.5, 0.6) is 11.6 Å². The van der Waals surface area contributed by atoms with Crippen molar-refractivity contribution in [2.45, 2.75) is 27.2 Å². The molecule has 0 saturated carbocycles. The summed E-state index contributed by atoms with van der Waals surface area (Å²) in [6.07, 6.45) is 0.708. The molecule has 4 nitrogen and oxygen atoms in total. The Hall–Kier alpha value is -1.81.